The van der Waals surface area contributed by atoms with Gasteiger partial charge in [0.1, 0.15) is 0 Å². The molecule has 0 spiro atoms. The Balaban J connectivity index is -0.000000102. The normalized spacial score (nSPS) is 12.7. The molecule has 1 fully saturated rings. The molecule has 0 aromatic carbocycles. The predicted molar refractivity (Wildman–Crippen MR) is 198 cm³/mol. The van der Waals surface area contributed by atoms with Gasteiger partial charge in [0.25, 0.3) is 0 Å². The highest BCUT2D eigenvalue weighted by molar-refractivity contribution is 9.08. The fraction of sp³-hybridized carbons (Fsp3) is 0.944. The Kier molecular flexibility index (Phi) is 43.2. The molecule has 0 bridgehead atoms. The highest BCUT2D eigenvalue weighted by atomic mass is 79.9. The molecule has 9 heteroatoms. The molecule has 45 heavy (non-hydrogen) atoms. The Morgan fingerprint density at radius 2 is 0.600 bits per heavy atom. The van der Waals surface area contributed by atoms with Crippen molar-refractivity contribution in [2.24, 2.45) is 0 Å². The van der Waals surface area contributed by atoms with Crippen molar-refractivity contribution >= 4 is 28.0 Å². The minimum atomic E-state index is -0.144. The maximum atomic E-state index is 10.4. The summed E-state index contributed by atoms with van der Waals surface area (Å²) in [6.45, 7) is 30.0. The molecular formula is C36H81BrF3N3O2+4. The fourth-order valence-electron chi connectivity index (χ4n) is 5.84. The summed E-state index contributed by atoms with van der Waals surface area (Å²) in [6.07, 6.45) is 22.8. The van der Waals surface area contributed by atoms with E-state index < -0.39 is 0 Å². The second-order valence-corrected chi connectivity index (χ2v) is 13.6. The third kappa shape index (κ3) is 27.0. The Bertz CT molecular complexity index is 530. The number of unbranched alkanes of at least 4 members (excludes halogenated alkanes) is 8. The van der Waals surface area contributed by atoms with E-state index in [4.69, 9.17) is 0 Å². The topological polar surface area (TPSA) is 37.4 Å². The minimum Gasteiger partial charge on any atom is -0.324 e. The monoisotopic (exact) mass is 724 g/mol. The first-order valence-corrected chi connectivity index (χ1v) is 19.1. The molecule has 1 aliphatic heterocycles. The largest absolute Gasteiger partial charge is 1.00 e. The first-order chi connectivity index (χ1) is 20.2. The van der Waals surface area contributed by atoms with Crippen LogP contribution < -0.4 is 0 Å². The molecule has 0 unspecified atom stereocenters. The number of hydrogen-bond acceptors (Lipinski definition) is 2. The molecule has 0 aromatic rings. The summed E-state index contributed by atoms with van der Waals surface area (Å²) < 4.78 is 3.82. The van der Waals surface area contributed by atoms with Crippen molar-refractivity contribution in [2.45, 2.75) is 171 Å². The lowest BCUT2D eigenvalue weighted by Gasteiger charge is -2.39. The van der Waals surface area contributed by atoms with Gasteiger partial charge >= 0.3 is 2.85 Å². The van der Waals surface area contributed by atoms with Crippen LogP contribution in [0.15, 0.2) is 0 Å². The lowest BCUT2D eigenvalue weighted by Crippen LogP contribution is -2.50. The SMILES string of the molecule is CCCC[N+](CCCC)(CCCC)CCCC.CCCC[N+](CCCC)(CCCC)CCCC.F.F.F.O=C1CCC(=O)N1Br.[H+].[H+]. The summed E-state index contributed by atoms with van der Waals surface area (Å²) in [5.74, 6) is -0.287. The van der Waals surface area contributed by atoms with Crippen LogP contribution in [0.5, 0.6) is 0 Å². The van der Waals surface area contributed by atoms with Gasteiger partial charge in [0, 0.05) is 12.8 Å². The highest BCUT2D eigenvalue weighted by Crippen LogP contribution is 2.18. The van der Waals surface area contributed by atoms with Crippen molar-refractivity contribution in [3.8, 4) is 0 Å². The number of quaternary nitrogens is 2. The highest BCUT2D eigenvalue weighted by Gasteiger charge is 2.27. The van der Waals surface area contributed by atoms with Crippen molar-refractivity contribution < 1.29 is 35.5 Å². The number of hydrogen-bond donors (Lipinski definition) is 0. The van der Waals surface area contributed by atoms with Crippen molar-refractivity contribution in [1.82, 2.24) is 3.93 Å². The standard InChI is InChI=1S/2C16H36N.C4H4BrNO2.3FH/c2*1-5-9-13-17(14-10-6-2,15-11-7-3)16-12-8-4;5-6-3(7)1-2-4(6)8;;;/h2*5-16H2,1-4H3;1-2H2;3*1H/q2*+1;;;;/p+2. The molecule has 0 saturated carbocycles. The summed E-state index contributed by atoms with van der Waals surface area (Å²) in [7, 11) is 0. The molecule has 0 radical (unpaired) electrons. The van der Waals surface area contributed by atoms with E-state index in [2.05, 4.69) is 71.5 Å². The second-order valence-electron chi connectivity index (χ2n) is 12.9. The molecule has 1 rings (SSSR count). The van der Waals surface area contributed by atoms with Gasteiger partial charge < -0.3 is 8.97 Å². The van der Waals surface area contributed by atoms with Crippen LogP contribution in [-0.2, 0) is 9.59 Å². The average Bonchev–Trinajstić information content (AvgIpc) is 3.30. The number of imide groups is 1. The maximum absolute atomic E-state index is 10.4. The van der Waals surface area contributed by atoms with Gasteiger partial charge in [0.05, 0.1) is 68.5 Å². The van der Waals surface area contributed by atoms with Gasteiger partial charge in [-0.25, -0.2) is 3.93 Å². The summed E-state index contributed by atoms with van der Waals surface area (Å²) in [5.41, 5.74) is 0. The van der Waals surface area contributed by atoms with Crippen LogP contribution in [0.2, 0.25) is 0 Å². The van der Waals surface area contributed by atoms with Gasteiger partial charge in [-0.2, -0.15) is 0 Å². The van der Waals surface area contributed by atoms with Crippen LogP contribution in [0.3, 0.4) is 0 Å². The van der Waals surface area contributed by atoms with Crippen LogP contribution in [0.25, 0.3) is 0 Å². The average molecular weight is 725 g/mol. The predicted octanol–water partition coefficient (Wildman–Crippen LogP) is 11.1. The third-order valence-corrected chi connectivity index (χ3v) is 9.67. The van der Waals surface area contributed by atoms with E-state index in [1.54, 1.807) is 0 Å². The first kappa shape index (κ1) is 53.8. The van der Waals surface area contributed by atoms with Gasteiger partial charge in [-0.05, 0) is 51.4 Å². The van der Waals surface area contributed by atoms with E-state index in [1.807, 2.05) is 0 Å². The van der Waals surface area contributed by atoms with Crippen molar-refractivity contribution in [1.29, 1.82) is 0 Å². The summed E-state index contributed by atoms with van der Waals surface area (Å²) in [4.78, 5) is 20.9. The number of nitrogens with zero attached hydrogens (tertiary/aromatic N) is 3. The van der Waals surface area contributed by atoms with Crippen LogP contribution in [0.1, 0.15) is 174 Å². The molecular weight excluding hydrogens is 643 g/mol. The van der Waals surface area contributed by atoms with Crippen molar-refractivity contribution in [3.05, 3.63) is 0 Å². The Morgan fingerprint density at radius 3 is 0.689 bits per heavy atom. The van der Waals surface area contributed by atoms with Crippen molar-refractivity contribution in [3.63, 3.8) is 0 Å². The molecule has 0 aliphatic carbocycles. The zero-order valence-electron chi connectivity index (χ0n) is 33.1. The van der Waals surface area contributed by atoms with Crippen LogP contribution in [0.4, 0.5) is 14.1 Å². The summed E-state index contributed by atoms with van der Waals surface area (Å²) in [5, 5.41) is 0. The molecule has 276 valence electrons. The maximum Gasteiger partial charge on any atom is 1.00 e. The van der Waals surface area contributed by atoms with Crippen LogP contribution in [-0.4, -0.2) is 77.1 Å². The van der Waals surface area contributed by atoms with E-state index in [0.717, 1.165) is 3.93 Å². The number of rotatable bonds is 24. The number of carbonyl (C=O) groups is 2. The molecule has 2 amide bonds. The lowest BCUT2D eigenvalue weighted by atomic mass is 10.1. The molecule has 1 aliphatic rings. The number of amides is 2. The first-order valence-electron chi connectivity index (χ1n) is 18.4. The summed E-state index contributed by atoms with van der Waals surface area (Å²) in [6, 6.07) is 0. The quantitative estimate of drug-likeness (QED) is 0.0565. The van der Waals surface area contributed by atoms with E-state index in [9.17, 15) is 9.59 Å². The lowest BCUT2D eigenvalue weighted by molar-refractivity contribution is -0.929. The van der Waals surface area contributed by atoms with E-state index in [1.165, 1.54) is 164 Å². The molecule has 5 nitrogen and oxygen atoms in total. The fourth-order valence-corrected chi connectivity index (χ4v) is 6.19. The van der Waals surface area contributed by atoms with Gasteiger partial charge in [-0.15, -0.1) is 0 Å². The van der Waals surface area contributed by atoms with Gasteiger partial charge in [0.15, 0.2) is 0 Å². The molecule has 0 N–H and O–H groups in total. The number of carbonyl (C=O) groups excluding carboxylic acids is 2. The van der Waals surface area contributed by atoms with Crippen LogP contribution in [0, 0.1) is 0 Å². The second kappa shape index (κ2) is 36.2. The van der Waals surface area contributed by atoms with Gasteiger partial charge in [-0.1, -0.05) is 107 Å². The summed E-state index contributed by atoms with van der Waals surface area (Å²) >= 11 is 2.80. The van der Waals surface area contributed by atoms with Gasteiger partial charge in [0.2, 0.25) is 11.8 Å². The van der Waals surface area contributed by atoms with E-state index in [-0.39, 0.29) is 28.8 Å². The van der Waals surface area contributed by atoms with Gasteiger partial charge in [-0.3, -0.25) is 23.7 Å². The molecule has 1 saturated heterocycles. The zero-order chi connectivity index (χ0) is 32.1. The van der Waals surface area contributed by atoms with E-state index in [0.29, 0.717) is 12.8 Å². The third-order valence-electron chi connectivity index (χ3n) is 8.88. The Morgan fingerprint density at radius 1 is 0.444 bits per heavy atom. The zero-order valence-corrected chi connectivity index (χ0v) is 32.7. The minimum absolute atomic E-state index is 0. The van der Waals surface area contributed by atoms with Crippen molar-refractivity contribution in [2.75, 3.05) is 52.4 Å². The Labute approximate surface area is 290 Å². The molecule has 1 heterocycles. The Hall–Kier alpha value is -0.670. The molecule has 0 atom stereocenters. The smallest absolute Gasteiger partial charge is 0.324 e. The molecule has 0 aromatic heterocycles. The van der Waals surface area contributed by atoms with E-state index >= 15 is 0 Å². The van der Waals surface area contributed by atoms with Crippen LogP contribution >= 0.6 is 16.1 Å². The number of halogens is 4.